The predicted octanol–water partition coefficient (Wildman–Crippen LogP) is 5.38. The summed E-state index contributed by atoms with van der Waals surface area (Å²) in [5.41, 5.74) is 3.36. The highest BCUT2D eigenvalue weighted by Crippen LogP contribution is 2.38. The number of hydrogen-bond donors (Lipinski definition) is 0. The lowest BCUT2D eigenvalue weighted by atomic mass is 10.1. The maximum absolute atomic E-state index is 6.23. The van der Waals surface area contributed by atoms with Gasteiger partial charge in [-0.2, -0.15) is 0 Å². The molecule has 31 heavy (non-hydrogen) atoms. The number of allylic oxidation sites excluding steroid dienone is 1. The number of hydrogen-bond acceptors (Lipinski definition) is 5. The number of benzene rings is 2. The Hall–Kier alpha value is -1.29. The number of halogens is 2. The Kier molecular flexibility index (Phi) is 7.15. The van der Waals surface area contributed by atoms with Gasteiger partial charge in [0.05, 0.1) is 6.61 Å². The van der Waals surface area contributed by atoms with E-state index in [2.05, 4.69) is 86.1 Å². The fourth-order valence-electron chi connectivity index (χ4n) is 4.01. The molecule has 166 valence electrons. The van der Waals surface area contributed by atoms with E-state index in [0.29, 0.717) is 13.2 Å². The summed E-state index contributed by atoms with van der Waals surface area (Å²) in [6.07, 6.45) is -0.119. The summed E-state index contributed by atoms with van der Waals surface area (Å²) in [6.45, 7) is 13.1. The third-order valence-electron chi connectivity index (χ3n) is 5.81. The van der Waals surface area contributed by atoms with Crippen molar-refractivity contribution in [3.63, 3.8) is 0 Å². The first-order valence-corrected chi connectivity index (χ1v) is 12.4. The number of rotatable bonds is 6. The normalized spacial score (nSPS) is 23.8. The minimum atomic E-state index is -0.771. The maximum Gasteiger partial charge on any atom is 0.193 e. The minimum absolute atomic E-state index is 0.119. The summed E-state index contributed by atoms with van der Waals surface area (Å²) in [7, 11) is 0. The standard InChI is InChI=1S/C24H28BrIN2O3/c1-17(2)27-10-12-28(13-11-27)19-5-7-20(8-6-19)29-15-21-16-30-24(3,31-21)22-9-4-18(26)14-23(22)25/h4-9,14,21H,1,10-13,15-16H2,2-3H3. The quantitative estimate of drug-likeness (QED) is 0.417. The van der Waals surface area contributed by atoms with Crippen LogP contribution in [0.2, 0.25) is 0 Å². The zero-order chi connectivity index (χ0) is 22.0. The first-order chi connectivity index (χ1) is 14.8. The van der Waals surface area contributed by atoms with Gasteiger partial charge in [0.25, 0.3) is 0 Å². The molecule has 2 aliphatic heterocycles. The smallest absolute Gasteiger partial charge is 0.193 e. The van der Waals surface area contributed by atoms with Crippen LogP contribution in [0.5, 0.6) is 5.75 Å². The topological polar surface area (TPSA) is 34.2 Å². The van der Waals surface area contributed by atoms with Crippen molar-refractivity contribution in [3.8, 4) is 5.75 Å². The highest BCUT2D eigenvalue weighted by Gasteiger charge is 2.40. The van der Waals surface area contributed by atoms with Gasteiger partial charge in [0.15, 0.2) is 5.79 Å². The summed E-state index contributed by atoms with van der Waals surface area (Å²) in [5, 5.41) is 0. The van der Waals surface area contributed by atoms with Gasteiger partial charge >= 0.3 is 0 Å². The van der Waals surface area contributed by atoms with Crippen LogP contribution in [0.3, 0.4) is 0 Å². The third kappa shape index (κ3) is 5.38. The molecule has 7 heteroatoms. The molecule has 0 saturated carbocycles. The van der Waals surface area contributed by atoms with Crippen LogP contribution < -0.4 is 9.64 Å². The van der Waals surface area contributed by atoms with Crippen molar-refractivity contribution in [2.45, 2.75) is 25.7 Å². The Balaban J connectivity index is 1.30. The number of anilines is 1. The van der Waals surface area contributed by atoms with Gasteiger partial charge in [-0.25, -0.2) is 0 Å². The molecule has 2 heterocycles. The summed E-state index contributed by atoms with van der Waals surface area (Å²) in [4.78, 5) is 4.74. The van der Waals surface area contributed by atoms with E-state index in [0.717, 1.165) is 51.2 Å². The van der Waals surface area contributed by atoms with Crippen LogP contribution in [0, 0.1) is 3.57 Å². The average Bonchev–Trinajstić information content (AvgIpc) is 3.14. The Morgan fingerprint density at radius 3 is 2.55 bits per heavy atom. The van der Waals surface area contributed by atoms with Crippen molar-refractivity contribution in [3.05, 3.63) is 68.3 Å². The Morgan fingerprint density at radius 2 is 1.90 bits per heavy atom. The summed E-state index contributed by atoms with van der Waals surface area (Å²) >= 11 is 5.92. The zero-order valence-corrected chi connectivity index (χ0v) is 21.7. The first kappa shape index (κ1) is 22.9. The third-order valence-corrected chi connectivity index (χ3v) is 7.14. The van der Waals surface area contributed by atoms with Crippen LogP contribution in [0.1, 0.15) is 19.4 Å². The summed E-state index contributed by atoms with van der Waals surface area (Å²) < 4.78 is 20.4. The predicted molar refractivity (Wildman–Crippen MR) is 136 cm³/mol. The van der Waals surface area contributed by atoms with Gasteiger partial charge in [-0.05, 0) is 72.8 Å². The van der Waals surface area contributed by atoms with Gasteiger partial charge in [-0.1, -0.05) is 28.6 Å². The molecule has 0 bridgehead atoms. The van der Waals surface area contributed by atoms with E-state index in [-0.39, 0.29) is 6.10 Å². The number of ether oxygens (including phenoxy) is 3. The molecule has 2 unspecified atom stereocenters. The van der Waals surface area contributed by atoms with E-state index in [4.69, 9.17) is 14.2 Å². The van der Waals surface area contributed by atoms with Gasteiger partial charge in [0, 0.05) is 51.2 Å². The van der Waals surface area contributed by atoms with Crippen molar-refractivity contribution in [1.82, 2.24) is 4.90 Å². The van der Waals surface area contributed by atoms with Crippen LogP contribution in [0.4, 0.5) is 5.69 Å². The largest absolute Gasteiger partial charge is 0.491 e. The van der Waals surface area contributed by atoms with Gasteiger partial charge < -0.3 is 24.0 Å². The average molecular weight is 599 g/mol. The van der Waals surface area contributed by atoms with Crippen LogP contribution >= 0.6 is 38.5 Å². The molecule has 0 radical (unpaired) electrons. The molecule has 2 saturated heterocycles. The van der Waals surface area contributed by atoms with Crippen molar-refractivity contribution >= 4 is 44.2 Å². The van der Waals surface area contributed by atoms with Gasteiger partial charge in [0.1, 0.15) is 18.5 Å². The summed E-state index contributed by atoms with van der Waals surface area (Å²) in [6, 6.07) is 14.5. The zero-order valence-electron chi connectivity index (χ0n) is 17.9. The monoisotopic (exact) mass is 598 g/mol. The van der Waals surface area contributed by atoms with Crippen molar-refractivity contribution < 1.29 is 14.2 Å². The molecule has 0 amide bonds. The molecule has 5 nitrogen and oxygen atoms in total. The molecule has 0 aliphatic carbocycles. The van der Waals surface area contributed by atoms with E-state index in [1.807, 2.05) is 25.1 Å². The van der Waals surface area contributed by atoms with Crippen molar-refractivity contribution in [2.75, 3.05) is 44.3 Å². The second-order valence-electron chi connectivity index (χ2n) is 8.14. The first-order valence-electron chi connectivity index (χ1n) is 10.5. The molecular formula is C24H28BrIN2O3. The fourth-order valence-corrected chi connectivity index (χ4v) is 5.67. The van der Waals surface area contributed by atoms with E-state index in [9.17, 15) is 0 Å². The highest BCUT2D eigenvalue weighted by atomic mass is 127. The molecular weight excluding hydrogens is 571 g/mol. The minimum Gasteiger partial charge on any atom is -0.491 e. The van der Waals surface area contributed by atoms with Crippen LogP contribution in [-0.4, -0.2) is 50.4 Å². The lowest BCUT2D eigenvalue weighted by molar-refractivity contribution is -0.165. The lowest BCUT2D eigenvalue weighted by Gasteiger charge is -2.37. The van der Waals surface area contributed by atoms with Gasteiger partial charge in [-0.15, -0.1) is 0 Å². The van der Waals surface area contributed by atoms with Crippen molar-refractivity contribution in [1.29, 1.82) is 0 Å². The van der Waals surface area contributed by atoms with E-state index in [1.165, 1.54) is 5.69 Å². The second-order valence-corrected chi connectivity index (χ2v) is 10.2. The molecule has 0 N–H and O–H groups in total. The Labute approximate surface area is 206 Å². The van der Waals surface area contributed by atoms with Crippen LogP contribution in [0.25, 0.3) is 0 Å². The molecule has 2 aromatic carbocycles. The van der Waals surface area contributed by atoms with Crippen molar-refractivity contribution in [2.24, 2.45) is 0 Å². The van der Waals surface area contributed by atoms with Crippen LogP contribution in [-0.2, 0) is 15.3 Å². The fraction of sp³-hybridized carbons (Fsp3) is 0.417. The van der Waals surface area contributed by atoms with E-state index in [1.54, 1.807) is 0 Å². The SMILES string of the molecule is C=C(C)N1CCN(c2ccc(OCC3COC(C)(c4ccc(I)cc4Br)O3)cc2)CC1. The molecule has 4 rings (SSSR count). The lowest BCUT2D eigenvalue weighted by Crippen LogP contribution is -2.45. The van der Waals surface area contributed by atoms with Crippen LogP contribution in [0.15, 0.2) is 59.2 Å². The number of piperazine rings is 1. The van der Waals surface area contributed by atoms with Gasteiger partial charge in [0.2, 0.25) is 0 Å². The molecule has 0 aromatic heterocycles. The highest BCUT2D eigenvalue weighted by molar-refractivity contribution is 14.1. The van der Waals surface area contributed by atoms with E-state index >= 15 is 0 Å². The van der Waals surface area contributed by atoms with E-state index < -0.39 is 5.79 Å². The Bertz CT molecular complexity index is 931. The summed E-state index contributed by atoms with van der Waals surface area (Å²) in [5.74, 6) is 0.0736. The molecule has 2 fully saturated rings. The van der Waals surface area contributed by atoms with Gasteiger partial charge in [-0.3, -0.25) is 0 Å². The number of nitrogens with zero attached hydrogens (tertiary/aromatic N) is 2. The molecule has 2 atom stereocenters. The molecule has 0 spiro atoms. The second kappa shape index (κ2) is 9.68. The Morgan fingerprint density at radius 1 is 1.19 bits per heavy atom. The maximum atomic E-state index is 6.23. The molecule has 2 aromatic rings. The molecule has 2 aliphatic rings.